The predicted molar refractivity (Wildman–Crippen MR) is 77.8 cm³/mol. The molecule has 0 spiro atoms. The van der Waals surface area contributed by atoms with Crippen LogP contribution in [0.3, 0.4) is 0 Å². The van der Waals surface area contributed by atoms with Gasteiger partial charge in [-0.1, -0.05) is 51.1 Å². The Labute approximate surface area is 111 Å². The number of hydrogen-bond donors (Lipinski definition) is 1. The minimum absolute atomic E-state index is 0.347. The molecule has 2 unspecified atom stereocenters. The molecule has 1 aliphatic rings. The van der Waals surface area contributed by atoms with Crippen LogP contribution in [0.1, 0.15) is 26.3 Å². The molecular formula is C16H26N2. The van der Waals surface area contributed by atoms with Crippen LogP contribution in [0.15, 0.2) is 30.3 Å². The van der Waals surface area contributed by atoms with Crippen LogP contribution in [0, 0.1) is 5.41 Å². The van der Waals surface area contributed by atoms with E-state index in [4.69, 9.17) is 0 Å². The number of likely N-dealkylation sites (N-methyl/N-ethyl adjacent to an activating group) is 1. The van der Waals surface area contributed by atoms with E-state index in [1.807, 2.05) is 0 Å². The van der Waals surface area contributed by atoms with Crippen LogP contribution in [-0.4, -0.2) is 37.1 Å². The number of hydrogen-bond acceptors (Lipinski definition) is 2. The average Bonchev–Trinajstić information content (AvgIpc) is 2.28. The summed E-state index contributed by atoms with van der Waals surface area (Å²) in [7, 11) is 2.26. The molecule has 1 aliphatic heterocycles. The molecular weight excluding hydrogens is 220 g/mol. The number of nitrogens with zero attached hydrogens (tertiary/aromatic N) is 1. The highest BCUT2D eigenvalue weighted by molar-refractivity contribution is 5.16. The molecule has 2 atom stereocenters. The Balaban J connectivity index is 1.93. The van der Waals surface area contributed by atoms with Crippen molar-refractivity contribution in [1.82, 2.24) is 10.2 Å². The van der Waals surface area contributed by atoms with Crippen molar-refractivity contribution in [2.45, 2.75) is 39.3 Å². The second kappa shape index (κ2) is 5.41. The molecule has 1 aromatic rings. The second-order valence-electron chi connectivity index (χ2n) is 6.62. The molecule has 100 valence electrons. The Hall–Kier alpha value is -0.860. The summed E-state index contributed by atoms with van der Waals surface area (Å²) in [6.45, 7) is 9.21. The lowest BCUT2D eigenvalue weighted by Gasteiger charge is -2.44. The van der Waals surface area contributed by atoms with Crippen molar-refractivity contribution in [3.05, 3.63) is 35.9 Å². The molecule has 0 radical (unpaired) electrons. The molecule has 1 fully saturated rings. The summed E-state index contributed by atoms with van der Waals surface area (Å²) in [5.41, 5.74) is 1.78. The average molecular weight is 246 g/mol. The summed E-state index contributed by atoms with van der Waals surface area (Å²) in [4.78, 5) is 2.52. The van der Waals surface area contributed by atoms with E-state index in [-0.39, 0.29) is 0 Å². The van der Waals surface area contributed by atoms with E-state index in [0.29, 0.717) is 17.5 Å². The standard InChI is InChI=1S/C16H26N2/c1-16(2,3)15-11-17-14(12-18(15)4)10-13-8-6-5-7-9-13/h5-9,14-15,17H,10-12H2,1-4H3. The van der Waals surface area contributed by atoms with Crippen molar-refractivity contribution in [2.75, 3.05) is 20.1 Å². The quantitative estimate of drug-likeness (QED) is 0.863. The van der Waals surface area contributed by atoms with Gasteiger partial charge in [0.25, 0.3) is 0 Å². The monoisotopic (exact) mass is 246 g/mol. The summed E-state index contributed by atoms with van der Waals surface area (Å²) < 4.78 is 0. The highest BCUT2D eigenvalue weighted by Gasteiger charge is 2.33. The molecule has 0 bridgehead atoms. The summed E-state index contributed by atoms with van der Waals surface area (Å²) in [6.07, 6.45) is 1.13. The maximum absolute atomic E-state index is 3.71. The highest BCUT2D eigenvalue weighted by Crippen LogP contribution is 2.25. The molecule has 0 amide bonds. The lowest BCUT2D eigenvalue weighted by Crippen LogP contribution is -2.59. The van der Waals surface area contributed by atoms with Crippen LogP contribution in [0.2, 0.25) is 0 Å². The fourth-order valence-corrected chi connectivity index (χ4v) is 2.98. The zero-order valence-corrected chi connectivity index (χ0v) is 12.1. The van der Waals surface area contributed by atoms with Gasteiger partial charge < -0.3 is 10.2 Å². The Kier molecular flexibility index (Phi) is 4.08. The van der Waals surface area contributed by atoms with Gasteiger partial charge in [-0.3, -0.25) is 0 Å². The SMILES string of the molecule is CN1CC(Cc2ccccc2)NCC1C(C)(C)C. The summed E-state index contributed by atoms with van der Waals surface area (Å²) in [5.74, 6) is 0. The first-order valence-corrected chi connectivity index (χ1v) is 6.94. The van der Waals surface area contributed by atoms with Crippen LogP contribution in [-0.2, 0) is 6.42 Å². The van der Waals surface area contributed by atoms with Crippen LogP contribution in [0.5, 0.6) is 0 Å². The molecule has 1 N–H and O–H groups in total. The molecule has 1 heterocycles. The van der Waals surface area contributed by atoms with Crippen LogP contribution < -0.4 is 5.32 Å². The van der Waals surface area contributed by atoms with Gasteiger partial charge in [-0.05, 0) is 24.4 Å². The molecule has 2 heteroatoms. The maximum atomic E-state index is 3.71. The van der Waals surface area contributed by atoms with Crippen molar-refractivity contribution in [3.8, 4) is 0 Å². The van der Waals surface area contributed by atoms with Crippen LogP contribution in [0.25, 0.3) is 0 Å². The first-order valence-electron chi connectivity index (χ1n) is 6.94. The van der Waals surface area contributed by atoms with Crippen LogP contribution >= 0.6 is 0 Å². The third-order valence-electron chi connectivity index (χ3n) is 3.96. The molecule has 0 aromatic heterocycles. The van der Waals surface area contributed by atoms with Gasteiger partial charge in [0, 0.05) is 25.2 Å². The molecule has 2 rings (SSSR count). The zero-order valence-electron chi connectivity index (χ0n) is 12.1. The number of rotatable bonds is 2. The van der Waals surface area contributed by atoms with Crippen molar-refractivity contribution < 1.29 is 0 Å². The van der Waals surface area contributed by atoms with Gasteiger partial charge in [0.2, 0.25) is 0 Å². The lowest BCUT2D eigenvalue weighted by molar-refractivity contribution is 0.0791. The number of piperazine rings is 1. The van der Waals surface area contributed by atoms with E-state index in [1.54, 1.807) is 0 Å². The van der Waals surface area contributed by atoms with E-state index in [0.717, 1.165) is 19.5 Å². The van der Waals surface area contributed by atoms with Crippen LogP contribution in [0.4, 0.5) is 0 Å². The van der Waals surface area contributed by atoms with E-state index in [1.165, 1.54) is 5.56 Å². The fourth-order valence-electron chi connectivity index (χ4n) is 2.98. The van der Waals surface area contributed by atoms with Gasteiger partial charge in [0.05, 0.1) is 0 Å². The van der Waals surface area contributed by atoms with Gasteiger partial charge in [-0.25, -0.2) is 0 Å². The second-order valence-corrected chi connectivity index (χ2v) is 6.62. The number of nitrogens with one attached hydrogen (secondary N) is 1. The fraction of sp³-hybridized carbons (Fsp3) is 0.625. The molecule has 0 aliphatic carbocycles. The van der Waals surface area contributed by atoms with E-state index < -0.39 is 0 Å². The Morgan fingerprint density at radius 1 is 1.22 bits per heavy atom. The van der Waals surface area contributed by atoms with E-state index in [2.05, 4.69) is 68.4 Å². The Bertz CT molecular complexity index is 366. The zero-order chi connectivity index (χ0) is 13.2. The normalized spacial score (nSPS) is 26.2. The van der Waals surface area contributed by atoms with Crippen molar-refractivity contribution in [2.24, 2.45) is 5.41 Å². The smallest absolute Gasteiger partial charge is 0.0266 e. The predicted octanol–water partition coefficient (Wildman–Crippen LogP) is 2.55. The molecule has 2 nitrogen and oxygen atoms in total. The maximum Gasteiger partial charge on any atom is 0.0266 e. The third kappa shape index (κ3) is 3.33. The van der Waals surface area contributed by atoms with E-state index >= 15 is 0 Å². The van der Waals surface area contributed by atoms with Gasteiger partial charge in [0.1, 0.15) is 0 Å². The van der Waals surface area contributed by atoms with Gasteiger partial charge in [-0.2, -0.15) is 0 Å². The van der Waals surface area contributed by atoms with Gasteiger partial charge in [0.15, 0.2) is 0 Å². The number of benzene rings is 1. The summed E-state index contributed by atoms with van der Waals surface area (Å²) >= 11 is 0. The summed E-state index contributed by atoms with van der Waals surface area (Å²) in [5, 5.41) is 3.71. The van der Waals surface area contributed by atoms with Crippen molar-refractivity contribution >= 4 is 0 Å². The minimum atomic E-state index is 0.347. The lowest BCUT2D eigenvalue weighted by atomic mass is 9.84. The molecule has 1 aromatic carbocycles. The minimum Gasteiger partial charge on any atom is -0.311 e. The van der Waals surface area contributed by atoms with Gasteiger partial charge >= 0.3 is 0 Å². The largest absolute Gasteiger partial charge is 0.311 e. The Morgan fingerprint density at radius 2 is 1.89 bits per heavy atom. The summed E-state index contributed by atoms with van der Waals surface area (Å²) in [6, 6.07) is 12.0. The Morgan fingerprint density at radius 3 is 2.44 bits per heavy atom. The van der Waals surface area contributed by atoms with Crippen molar-refractivity contribution in [3.63, 3.8) is 0 Å². The molecule has 0 saturated carbocycles. The first kappa shape index (κ1) is 13.6. The topological polar surface area (TPSA) is 15.3 Å². The van der Waals surface area contributed by atoms with Gasteiger partial charge in [-0.15, -0.1) is 0 Å². The molecule has 1 saturated heterocycles. The molecule has 18 heavy (non-hydrogen) atoms. The highest BCUT2D eigenvalue weighted by atomic mass is 15.2. The van der Waals surface area contributed by atoms with Crippen molar-refractivity contribution in [1.29, 1.82) is 0 Å². The first-order chi connectivity index (χ1) is 8.47. The van der Waals surface area contributed by atoms with E-state index in [9.17, 15) is 0 Å². The third-order valence-corrected chi connectivity index (χ3v) is 3.96.